The Morgan fingerprint density at radius 2 is 2.44 bits per heavy atom. The normalized spacial score (nSPS) is 11.2. The number of ether oxygens (including phenoxy) is 1. The number of hydrogen-bond acceptors (Lipinski definition) is 4. The first kappa shape index (κ1) is 12.5. The lowest BCUT2D eigenvalue weighted by atomic mass is 10.4. The topological polar surface area (TPSA) is 42.7 Å². The second kappa shape index (κ2) is 6.85. The van der Waals surface area contributed by atoms with E-state index in [1.54, 1.807) is 19.3 Å². The van der Waals surface area contributed by atoms with Crippen LogP contribution in [0.1, 0.15) is 12.7 Å². The number of likely N-dealkylation sites (N-methyl/N-ethyl adjacent to an activating group) is 1. The first-order chi connectivity index (χ1) is 7.72. The van der Waals surface area contributed by atoms with Crippen molar-refractivity contribution in [2.24, 2.45) is 0 Å². The fraction of sp³-hybridized carbons (Fsp3) is 0.417. The van der Waals surface area contributed by atoms with Gasteiger partial charge in [-0.2, -0.15) is 0 Å². The van der Waals surface area contributed by atoms with Crippen molar-refractivity contribution in [3.63, 3.8) is 0 Å². The summed E-state index contributed by atoms with van der Waals surface area (Å²) < 4.78 is 9.98. The second-order valence-corrected chi connectivity index (χ2v) is 3.43. The molecule has 0 saturated carbocycles. The molecule has 0 aliphatic heterocycles. The molecule has 0 atom stereocenters. The molecule has 16 heavy (non-hydrogen) atoms. The number of rotatable bonds is 6. The maximum Gasteiger partial charge on any atom is 0.330 e. The van der Waals surface area contributed by atoms with Gasteiger partial charge in [-0.05, 0) is 26.1 Å². The Kier molecular flexibility index (Phi) is 5.36. The third kappa shape index (κ3) is 4.79. The van der Waals surface area contributed by atoms with Gasteiger partial charge in [0.05, 0.1) is 19.4 Å². The van der Waals surface area contributed by atoms with Crippen LogP contribution in [0.15, 0.2) is 35.0 Å². The third-order valence-electron chi connectivity index (χ3n) is 1.96. The summed E-state index contributed by atoms with van der Waals surface area (Å²) >= 11 is 0. The maximum absolute atomic E-state index is 11.0. The highest BCUT2D eigenvalue weighted by molar-refractivity contribution is 5.81. The van der Waals surface area contributed by atoms with Crippen molar-refractivity contribution in [3.8, 4) is 0 Å². The summed E-state index contributed by atoms with van der Waals surface area (Å²) in [5, 5.41) is 0. The number of furan rings is 1. The molecular formula is C12H17NO3. The fourth-order valence-corrected chi connectivity index (χ4v) is 1.25. The minimum atomic E-state index is -0.297. The SMILES string of the molecule is CCOC(=O)/C=C/CN(C)Cc1ccco1. The Morgan fingerprint density at radius 3 is 3.06 bits per heavy atom. The molecule has 0 aliphatic rings. The predicted octanol–water partition coefficient (Wildman–Crippen LogP) is 1.83. The van der Waals surface area contributed by atoms with Gasteiger partial charge in [0.25, 0.3) is 0 Å². The highest BCUT2D eigenvalue weighted by Gasteiger charge is 2.00. The van der Waals surface area contributed by atoms with Crippen molar-refractivity contribution in [3.05, 3.63) is 36.3 Å². The van der Waals surface area contributed by atoms with Crippen LogP contribution in [0.25, 0.3) is 0 Å². The Morgan fingerprint density at radius 1 is 1.62 bits per heavy atom. The Labute approximate surface area is 95.5 Å². The first-order valence-electron chi connectivity index (χ1n) is 5.26. The maximum atomic E-state index is 11.0. The minimum Gasteiger partial charge on any atom is -0.468 e. The van der Waals surface area contributed by atoms with Crippen LogP contribution in [0.5, 0.6) is 0 Å². The number of esters is 1. The lowest BCUT2D eigenvalue weighted by Crippen LogP contribution is -2.17. The van der Waals surface area contributed by atoms with Crippen molar-refractivity contribution in [1.82, 2.24) is 4.90 Å². The zero-order chi connectivity index (χ0) is 11.8. The molecule has 1 rings (SSSR count). The van der Waals surface area contributed by atoms with Crippen LogP contribution in [0, 0.1) is 0 Å². The summed E-state index contributed by atoms with van der Waals surface area (Å²) in [6, 6.07) is 3.78. The molecule has 0 saturated heterocycles. The first-order valence-corrected chi connectivity index (χ1v) is 5.26. The van der Waals surface area contributed by atoms with E-state index in [9.17, 15) is 4.79 Å². The molecule has 0 amide bonds. The third-order valence-corrected chi connectivity index (χ3v) is 1.96. The highest BCUT2D eigenvalue weighted by Crippen LogP contribution is 2.03. The standard InChI is InChI=1S/C12H17NO3/c1-3-15-12(14)7-4-8-13(2)10-11-6-5-9-16-11/h4-7,9H,3,8,10H2,1-2H3/b7-4+. The van der Waals surface area contributed by atoms with Gasteiger partial charge in [0, 0.05) is 12.6 Å². The van der Waals surface area contributed by atoms with E-state index in [4.69, 9.17) is 9.15 Å². The largest absolute Gasteiger partial charge is 0.468 e. The Balaban J connectivity index is 2.24. The molecule has 0 N–H and O–H groups in total. The minimum absolute atomic E-state index is 0.297. The van der Waals surface area contributed by atoms with E-state index in [1.807, 2.05) is 24.1 Å². The van der Waals surface area contributed by atoms with Gasteiger partial charge >= 0.3 is 5.97 Å². The van der Waals surface area contributed by atoms with Crippen molar-refractivity contribution in [1.29, 1.82) is 0 Å². The van der Waals surface area contributed by atoms with Crippen LogP contribution in [-0.2, 0) is 16.1 Å². The van der Waals surface area contributed by atoms with Gasteiger partial charge in [-0.25, -0.2) is 4.79 Å². The average molecular weight is 223 g/mol. The second-order valence-electron chi connectivity index (χ2n) is 3.43. The van der Waals surface area contributed by atoms with Crippen LogP contribution in [0.3, 0.4) is 0 Å². The van der Waals surface area contributed by atoms with Crippen LogP contribution in [-0.4, -0.2) is 31.1 Å². The molecule has 0 aromatic carbocycles. The Bertz CT molecular complexity index is 330. The predicted molar refractivity (Wildman–Crippen MR) is 60.8 cm³/mol. The zero-order valence-corrected chi connectivity index (χ0v) is 9.68. The number of hydrogen-bond donors (Lipinski definition) is 0. The summed E-state index contributed by atoms with van der Waals surface area (Å²) in [6.07, 6.45) is 4.88. The van der Waals surface area contributed by atoms with Crippen LogP contribution < -0.4 is 0 Å². The molecule has 0 aliphatic carbocycles. The lowest BCUT2D eigenvalue weighted by Gasteiger charge is -2.11. The number of carbonyl (C=O) groups excluding carboxylic acids is 1. The molecule has 0 bridgehead atoms. The summed E-state index contributed by atoms with van der Waals surface area (Å²) in [4.78, 5) is 13.0. The summed E-state index contributed by atoms with van der Waals surface area (Å²) in [6.45, 7) is 3.60. The number of carbonyl (C=O) groups is 1. The van der Waals surface area contributed by atoms with Crippen molar-refractivity contribution < 1.29 is 13.9 Å². The van der Waals surface area contributed by atoms with Gasteiger partial charge < -0.3 is 9.15 Å². The molecule has 1 aromatic rings. The van der Waals surface area contributed by atoms with Gasteiger partial charge in [-0.1, -0.05) is 6.08 Å². The van der Waals surface area contributed by atoms with Crippen LogP contribution in [0.2, 0.25) is 0 Å². The van der Waals surface area contributed by atoms with Gasteiger partial charge in [0.1, 0.15) is 5.76 Å². The van der Waals surface area contributed by atoms with E-state index in [2.05, 4.69) is 0 Å². The molecule has 4 nitrogen and oxygen atoms in total. The quantitative estimate of drug-likeness (QED) is 0.545. The molecular weight excluding hydrogens is 206 g/mol. The average Bonchev–Trinajstić information content (AvgIpc) is 2.70. The van der Waals surface area contributed by atoms with Gasteiger partial charge in [-0.3, -0.25) is 4.90 Å². The monoisotopic (exact) mass is 223 g/mol. The summed E-state index contributed by atoms with van der Waals surface area (Å²) in [5.74, 6) is 0.612. The van der Waals surface area contributed by atoms with E-state index in [-0.39, 0.29) is 5.97 Å². The van der Waals surface area contributed by atoms with E-state index in [1.165, 1.54) is 6.08 Å². The van der Waals surface area contributed by atoms with E-state index < -0.39 is 0 Å². The van der Waals surface area contributed by atoms with Gasteiger partial charge in [0.15, 0.2) is 0 Å². The molecule has 4 heteroatoms. The summed E-state index contributed by atoms with van der Waals surface area (Å²) in [5.41, 5.74) is 0. The molecule has 0 fully saturated rings. The smallest absolute Gasteiger partial charge is 0.330 e. The molecule has 0 radical (unpaired) electrons. The molecule has 1 aromatic heterocycles. The van der Waals surface area contributed by atoms with Crippen LogP contribution in [0.4, 0.5) is 0 Å². The summed E-state index contributed by atoms with van der Waals surface area (Å²) in [7, 11) is 1.96. The van der Waals surface area contributed by atoms with E-state index in [0.717, 1.165) is 12.3 Å². The van der Waals surface area contributed by atoms with E-state index in [0.29, 0.717) is 13.2 Å². The number of nitrogens with zero attached hydrogens (tertiary/aromatic N) is 1. The van der Waals surface area contributed by atoms with Crippen molar-refractivity contribution in [2.45, 2.75) is 13.5 Å². The molecule has 0 unspecified atom stereocenters. The van der Waals surface area contributed by atoms with Gasteiger partial charge in [-0.15, -0.1) is 0 Å². The fourth-order valence-electron chi connectivity index (χ4n) is 1.25. The molecule has 88 valence electrons. The van der Waals surface area contributed by atoms with E-state index >= 15 is 0 Å². The van der Waals surface area contributed by atoms with Crippen molar-refractivity contribution >= 4 is 5.97 Å². The molecule has 0 spiro atoms. The zero-order valence-electron chi connectivity index (χ0n) is 9.68. The lowest BCUT2D eigenvalue weighted by molar-refractivity contribution is -0.137. The van der Waals surface area contributed by atoms with Crippen molar-refractivity contribution in [2.75, 3.05) is 20.2 Å². The highest BCUT2D eigenvalue weighted by atomic mass is 16.5. The Hall–Kier alpha value is -1.55. The van der Waals surface area contributed by atoms with Gasteiger partial charge in [0.2, 0.25) is 0 Å². The molecule has 1 heterocycles. The van der Waals surface area contributed by atoms with Crippen LogP contribution >= 0.6 is 0 Å².